The number of hydrogen-bond acceptors (Lipinski definition) is 4. The molecule has 2 N–H and O–H groups in total. The van der Waals surface area contributed by atoms with Gasteiger partial charge in [-0.3, -0.25) is 4.90 Å². The molecule has 0 bridgehead atoms. The molecule has 17 heavy (non-hydrogen) atoms. The first-order valence-electron chi connectivity index (χ1n) is 5.58. The van der Waals surface area contributed by atoms with Crippen LogP contribution in [0.15, 0.2) is 34.9 Å². The van der Waals surface area contributed by atoms with Crippen molar-refractivity contribution in [3.05, 3.63) is 47.2 Å². The van der Waals surface area contributed by atoms with Crippen molar-refractivity contribution in [3.63, 3.8) is 0 Å². The summed E-state index contributed by atoms with van der Waals surface area (Å²) in [7, 11) is 2.04. The van der Waals surface area contributed by atoms with E-state index in [4.69, 9.17) is 10.3 Å². The highest BCUT2D eigenvalue weighted by Crippen LogP contribution is 2.11. The van der Waals surface area contributed by atoms with Crippen molar-refractivity contribution >= 4 is 5.82 Å². The largest absolute Gasteiger partial charge is 0.381 e. The minimum atomic E-state index is 0.434. The molecule has 0 atom stereocenters. The van der Waals surface area contributed by atoms with Gasteiger partial charge in [-0.15, -0.1) is 0 Å². The minimum Gasteiger partial charge on any atom is -0.381 e. The van der Waals surface area contributed by atoms with Gasteiger partial charge in [-0.2, -0.15) is 0 Å². The SMILES string of the molecule is Cc1cccc(CN(C)Cc2cc(N)no2)c1. The Morgan fingerprint density at radius 2 is 2.12 bits per heavy atom. The summed E-state index contributed by atoms with van der Waals surface area (Å²) in [5, 5.41) is 3.67. The van der Waals surface area contributed by atoms with Crippen LogP contribution in [-0.2, 0) is 13.1 Å². The van der Waals surface area contributed by atoms with E-state index in [0.29, 0.717) is 12.4 Å². The van der Waals surface area contributed by atoms with Gasteiger partial charge in [0.25, 0.3) is 0 Å². The van der Waals surface area contributed by atoms with Gasteiger partial charge in [0.15, 0.2) is 11.6 Å². The first-order chi connectivity index (χ1) is 8.13. The topological polar surface area (TPSA) is 55.3 Å². The van der Waals surface area contributed by atoms with Gasteiger partial charge >= 0.3 is 0 Å². The van der Waals surface area contributed by atoms with Gasteiger partial charge in [0, 0.05) is 12.6 Å². The molecular formula is C13H17N3O. The normalized spacial score (nSPS) is 11.0. The number of aromatic nitrogens is 1. The highest BCUT2D eigenvalue weighted by atomic mass is 16.5. The monoisotopic (exact) mass is 231 g/mol. The lowest BCUT2D eigenvalue weighted by Crippen LogP contribution is -2.16. The van der Waals surface area contributed by atoms with Crippen molar-refractivity contribution in [2.45, 2.75) is 20.0 Å². The lowest BCUT2D eigenvalue weighted by atomic mass is 10.1. The number of hydrogen-bond donors (Lipinski definition) is 1. The van der Waals surface area contributed by atoms with Gasteiger partial charge < -0.3 is 10.3 Å². The molecule has 0 saturated carbocycles. The van der Waals surface area contributed by atoms with Gasteiger partial charge in [0.05, 0.1) is 6.54 Å². The minimum absolute atomic E-state index is 0.434. The molecule has 90 valence electrons. The predicted molar refractivity (Wildman–Crippen MR) is 67.3 cm³/mol. The Labute approximate surface area is 101 Å². The van der Waals surface area contributed by atoms with E-state index < -0.39 is 0 Å². The van der Waals surface area contributed by atoms with E-state index in [1.807, 2.05) is 7.05 Å². The molecule has 0 unspecified atom stereocenters. The molecule has 0 amide bonds. The Hall–Kier alpha value is -1.81. The van der Waals surface area contributed by atoms with Crippen LogP contribution in [0.4, 0.5) is 5.82 Å². The summed E-state index contributed by atoms with van der Waals surface area (Å²) in [5.74, 6) is 1.22. The van der Waals surface area contributed by atoms with Gasteiger partial charge in [-0.25, -0.2) is 0 Å². The quantitative estimate of drug-likeness (QED) is 0.876. The maximum atomic E-state index is 5.50. The predicted octanol–water partition coefficient (Wildman–Crippen LogP) is 2.20. The Morgan fingerprint density at radius 3 is 2.76 bits per heavy atom. The first kappa shape index (κ1) is 11.7. The zero-order chi connectivity index (χ0) is 12.3. The third-order valence-corrected chi connectivity index (χ3v) is 2.54. The summed E-state index contributed by atoms with van der Waals surface area (Å²) in [5.41, 5.74) is 8.07. The molecule has 2 rings (SSSR count). The lowest BCUT2D eigenvalue weighted by molar-refractivity contribution is 0.267. The zero-order valence-corrected chi connectivity index (χ0v) is 10.2. The highest BCUT2D eigenvalue weighted by Gasteiger charge is 2.06. The fourth-order valence-electron chi connectivity index (χ4n) is 1.85. The molecule has 0 radical (unpaired) electrons. The molecule has 4 heteroatoms. The summed E-state index contributed by atoms with van der Waals surface area (Å²) in [6.45, 7) is 3.68. The van der Waals surface area contributed by atoms with E-state index in [9.17, 15) is 0 Å². The van der Waals surface area contributed by atoms with E-state index in [2.05, 4.69) is 41.2 Å². The van der Waals surface area contributed by atoms with Crippen LogP contribution in [0.25, 0.3) is 0 Å². The van der Waals surface area contributed by atoms with Crippen molar-refractivity contribution in [1.29, 1.82) is 0 Å². The molecule has 0 aliphatic heterocycles. The molecular weight excluding hydrogens is 214 g/mol. The van der Waals surface area contributed by atoms with Crippen molar-refractivity contribution in [2.24, 2.45) is 0 Å². The Balaban J connectivity index is 1.95. The second kappa shape index (κ2) is 5.01. The van der Waals surface area contributed by atoms with Gasteiger partial charge in [-0.1, -0.05) is 35.0 Å². The third-order valence-electron chi connectivity index (χ3n) is 2.54. The van der Waals surface area contributed by atoms with Crippen LogP contribution in [0, 0.1) is 6.92 Å². The van der Waals surface area contributed by atoms with Crippen LogP contribution < -0.4 is 5.73 Å². The Morgan fingerprint density at radius 1 is 1.29 bits per heavy atom. The van der Waals surface area contributed by atoms with Crippen LogP contribution in [-0.4, -0.2) is 17.1 Å². The summed E-state index contributed by atoms with van der Waals surface area (Å²) in [4.78, 5) is 2.16. The van der Waals surface area contributed by atoms with Gasteiger partial charge in [0.2, 0.25) is 0 Å². The lowest BCUT2D eigenvalue weighted by Gasteiger charge is -2.14. The first-order valence-corrected chi connectivity index (χ1v) is 5.58. The van der Waals surface area contributed by atoms with E-state index in [0.717, 1.165) is 12.3 Å². The van der Waals surface area contributed by atoms with E-state index >= 15 is 0 Å². The maximum Gasteiger partial charge on any atom is 0.167 e. The van der Waals surface area contributed by atoms with Crippen LogP contribution >= 0.6 is 0 Å². The number of nitrogen functional groups attached to an aromatic ring is 1. The molecule has 2 aromatic rings. The molecule has 4 nitrogen and oxygen atoms in total. The third kappa shape index (κ3) is 3.32. The van der Waals surface area contributed by atoms with Crippen LogP contribution in [0.2, 0.25) is 0 Å². The highest BCUT2D eigenvalue weighted by molar-refractivity contribution is 5.26. The molecule has 0 aliphatic carbocycles. The van der Waals surface area contributed by atoms with Crippen molar-refractivity contribution in [3.8, 4) is 0 Å². The Bertz CT molecular complexity index is 493. The average Bonchev–Trinajstić information content (AvgIpc) is 2.63. The van der Waals surface area contributed by atoms with E-state index in [1.165, 1.54) is 11.1 Å². The standard InChI is InChI=1S/C13H17N3O/c1-10-4-3-5-11(6-10)8-16(2)9-12-7-13(14)15-17-12/h3-7H,8-9H2,1-2H3,(H2,14,15). The molecule has 0 spiro atoms. The van der Waals surface area contributed by atoms with E-state index in [1.54, 1.807) is 6.07 Å². The molecule has 0 fully saturated rings. The molecule has 0 saturated heterocycles. The van der Waals surface area contributed by atoms with Crippen LogP contribution in [0.5, 0.6) is 0 Å². The van der Waals surface area contributed by atoms with Crippen molar-refractivity contribution < 1.29 is 4.52 Å². The second-order valence-electron chi connectivity index (χ2n) is 4.38. The van der Waals surface area contributed by atoms with E-state index in [-0.39, 0.29) is 0 Å². The number of nitrogens with two attached hydrogens (primary N) is 1. The molecule has 1 heterocycles. The fraction of sp³-hybridized carbons (Fsp3) is 0.308. The number of benzene rings is 1. The van der Waals surface area contributed by atoms with Crippen LogP contribution in [0.1, 0.15) is 16.9 Å². The van der Waals surface area contributed by atoms with Crippen LogP contribution in [0.3, 0.4) is 0 Å². The molecule has 1 aromatic carbocycles. The second-order valence-corrected chi connectivity index (χ2v) is 4.38. The summed E-state index contributed by atoms with van der Waals surface area (Å²) >= 11 is 0. The van der Waals surface area contributed by atoms with Gasteiger partial charge in [-0.05, 0) is 19.5 Å². The Kier molecular flexibility index (Phi) is 3.44. The van der Waals surface area contributed by atoms with Crippen molar-refractivity contribution in [2.75, 3.05) is 12.8 Å². The summed E-state index contributed by atoms with van der Waals surface area (Å²) in [6, 6.07) is 10.2. The number of rotatable bonds is 4. The smallest absolute Gasteiger partial charge is 0.167 e. The van der Waals surface area contributed by atoms with Gasteiger partial charge in [0.1, 0.15) is 0 Å². The summed E-state index contributed by atoms with van der Waals surface area (Å²) in [6.07, 6.45) is 0. The molecule has 0 aliphatic rings. The number of nitrogens with zero attached hydrogens (tertiary/aromatic N) is 2. The number of anilines is 1. The zero-order valence-electron chi connectivity index (χ0n) is 10.2. The van der Waals surface area contributed by atoms with Crippen molar-refractivity contribution in [1.82, 2.24) is 10.1 Å². The number of aryl methyl sites for hydroxylation is 1. The fourth-order valence-corrected chi connectivity index (χ4v) is 1.85. The summed E-state index contributed by atoms with van der Waals surface area (Å²) < 4.78 is 5.08. The maximum absolute atomic E-state index is 5.50. The molecule has 1 aromatic heterocycles. The average molecular weight is 231 g/mol.